The Morgan fingerprint density at radius 3 is 2.38 bits per heavy atom. The van der Waals surface area contributed by atoms with Crippen LogP contribution in [0.15, 0.2) is 0 Å². The minimum Gasteiger partial charge on any atom is -0.353 e. The van der Waals surface area contributed by atoms with E-state index in [1.54, 1.807) is 0 Å². The van der Waals surface area contributed by atoms with Crippen LogP contribution in [-0.4, -0.2) is 23.9 Å². The normalized spacial score (nSPS) is 32.7. The van der Waals surface area contributed by atoms with Crippen molar-refractivity contribution in [2.45, 2.75) is 50.1 Å². The molecule has 3 N–H and O–H groups in total. The van der Waals surface area contributed by atoms with Gasteiger partial charge in [0.05, 0.1) is 0 Å². The molecule has 2 rings (SSSR count). The Morgan fingerprint density at radius 1 is 1.31 bits per heavy atom. The maximum Gasteiger partial charge on any atom is 0.252 e. The largest absolute Gasteiger partial charge is 0.353 e. The van der Waals surface area contributed by atoms with Gasteiger partial charge in [-0.3, -0.25) is 4.79 Å². The van der Waals surface area contributed by atoms with Gasteiger partial charge in [-0.05, 0) is 19.3 Å². The summed E-state index contributed by atoms with van der Waals surface area (Å²) in [6.07, 6.45) is 1.92. The van der Waals surface area contributed by atoms with Crippen LogP contribution in [0, 0.1) is 5.92 Å². The van der Waals surface area contributed by atoms with E-state index in [9.17, 15) is 13.6 Å². The third-order valence-corrected chi connectivity index (χ3v) is 3.28. The number of halogens is 3. The van der Waals surface area contributed by atoms with Crippen LogP contribution in [0.2, 0.25) is 0 Å². The monoisotopic (exact) mass is 254 g/mol. The topological polar surface area (TPSA) is 55.1 Å². The van der Waals surface area contributed by atoms with Crippen LogP contribution in [-0.2, 0) is 4.79 Å². The smallest absolute Gasteiger partial charge is 0.252 e. The molecule has 6 heteroatoms. The van der Waals surface area contributed by atoms with Crippen LogP contribution in [0.5, 0.6) is 0 Å². The van der Waals surface area contributed by atoms with Gasteiger partial charge in [0.2, 0.25) is 5.91 Å². The lowest BCUT2D eigenvalue weighted by molar-refractivity contribution is -0.132. The van der Waals surface area contributed by atoms with E-state index in [0.717, 1.165) is 12.8 Å². The molecule has 1 amide bonds. The zero-order valence-electron chi connectivity index (χ0n) is 8.92. The second kappa shape index (κ2) is 4.84. The Labute approximate surface area is 99.5 Å². The molecule has 0 spiro atoms. The summed E-state index contributed by atoms with van der Waals surface area (Å²) in [5.41, 5.74) is 5.68. The van der Waals surface area contributed by atoms with Gasteiger partial charge in [-0.2, -0.15) is 0 Å². The maximum absolute atomic E-state index is 12.5. The molecule has 0 saturated heterocycles. The Kier molecular flexibility index (Phi) is 4.12. The van der Waals surface area contributed by atoms with Crippen LogP contribution in [0.3, 0.4) is 0 Å². The first-order chi connectivity index (χ1) is 6.96. The van der Waals surface area contributed by atoms with E-state index < -0.39 is 5.92 Å². The average Bonchev–Trinajstić information content (AvgIpc) is 2.48. The third kappa shape index (κ3) is 3.04. The van der Waals surface area contributed by atoms with E-state index in [1.165, 1.54) is 0 Å². The molecule has 2 fully saturated rings. The Hall–Kier alpha value is -0.420. The lowest BCUT2D eigenvalue weighted by Crippen LogP contribution is -2.51. The molecular formula is C10H17ClF2N2O. The van der Waals surface area contributed by atoms with Crippen molar-refractivity contribution in [2.75, 3.05) is 0 Å². The van der Waals surface area contributed by atoms with Gasteiger partial charge in [0.25, 0.3) is 5.92 Å². The minimum atomic E-state index is -2.57. The molecule has 2 atom stereocenters. The van der Waals surface area contributed by atoms with Crippen molar-refractivity contribution in [3.05, 3.63) is 0 Å². The molecule has 0 aromatic carbocycles. The molecule has 0 aliphatic heterocycles. The zero-order valence-corrected chi connectivity index (χ0v) is 9.73. The van der Waals surface area contributed by atoms with Crippen molar-refractivity contribution in [2.24, 2.45) is 11.7 Å². The molecule has 2 aliphatic rings. The quantitative estimate of drug-likeness (QED) is 0.784. The molecule has 0 radical (unpaired) electrons. The number of hydrogen-bond donors (Lipinski definition) is 2. The van der Waals surface area contributed by atoms with Crippen molar-refractivity contribution >= 4 is 18.3 Å². The van der Waals surface area contributed by atoms with Crippen molar-refractivity contribution < 1.29 is 13.6 Å². The van der Waals surface area contributed by atoms with Crippen molar-refractivity contribution in [1.82, 2.24) is 5.32 Å². The lowest BCUT2D eigenvalue weighted by atomic mass is 9.87. The highest BCUT2D eigenvalue weighted by atomic mass is 35.5. The number of carbonyl (C=O) groups excluding carboxylic acids is 1. The van der Waals surface area contributed by atoms with Gasteiger partial charge in [0, 0.05) is 30.8 Å². The van der Waals surface area contributed by atoms with Crippen LogP contribution in [0.1, 0.15) is 32.1 Å². The summed E-state index contributed by atoms with van der Waals surface area (Å²) >= 11 is 0. The molecule has 94 valence electrons. The summed E-state index contributed by atoms with van der Waals surface area (Å²) in [7, 11) is 0. The highest BCUT2D eigenvalue weighted by Crippen LogP contribution is 2.37. The van der Waals surface area contributed by atoms with Crippen LogP contribution in [0.4, 0.5) is 8.78 Å². The first kappa shape index (κ1) is 13.6. The molecular weight excluding hydrogens is 238 g/mol. The Morgan fingerprint density at radius 2 is 1.94 bits per heavy atom. The van der Waals surface area contributed by atoms with Crippen molar-refractivity contribution in [3.8, 4) is 0 Å². The molecule has 3 nitrogen and oxygen atoms in total. The third-order valence-electron chi connectivity index (χ3n) is 3.28. The predicted octanol–water partition coefficient (Wildman–Crippen LogP) is 1.45. The van der Waals surface area contributed by atoms with Gasteiger partial charge in [-0.25, -0.2) is 8.78 Å². The number of nitrogens with two attached hydrogens (primary N) is 1. The molecule has 0 bridgehead atoms. The first-order valence-electron chi connectivity index (χ1n) is 5.40. The van der Waals surface area contributed by atoms with Gasteiger partial charge in [-0.1, -0.05) is 0 Å². The van der Waals surface area contributed by atoms with Crippen LogP contribution < -0.4 is 11.1 Å². The zero-order chi connectivity index (χ0) is 11.1. The highest BCUT2D eigenvalue weighted by Gasteiger charge is 2.46. The molecule has 16 heavy (non-hydrogen) atoms. The second-order valence-corrected chi connectivity index (χ2v) is 4.74. The van der Waals surface area contributed by atoms with Gasteiger partial charge < -0.3 is 11.1 Å². The standard InChI is InChI=1S/C10H16F2N2O.ClH/c11-10(12)4-8(5-10)14-9(15)6-1-2-7(13)3-6;/h6-8H,1-5,13H2,(H,14,15);1H. The van der Waals surface area contributed by atoms with E-state index in [0.29, 0.717) is 6.42 Å². The summed E-state index contributed by atoms with van der Waals surface area (Å²) in [5.74, 6) is -2.72. The van der Waals surface area contributed by atoms with Gasteiger partial charge in [0.1, 0.15) is 0 Å². The summed E-state index contributed by atoms with van der Waals surface area (Å²) in [6.45, 7) is 0. The van der Waals surface area contributed by atoms with Gasteiger partial charge >= 0.3 is 0 Å². The van der Waals surface area contributed by atoms with Crippen LogP contribution >= 0.6 is 12.4 Å². The molecule has 2 aliphatic carbocycles. The number of hydrogen-bond acceptors (Lipinski definition) is 2. The van der Waals surface area contributed by atoms with Gasteiger partial charge in [0.15, 0.2) is 0 Å². The lowest BCUT2D eigenvalue weighted by Gasteiger charge is -2.35. The van der Waals surface area contributed by atoms with Gasteiger partial charge in [-0.15, -0.1) is 12.4 Å². The summed E-state index contributed by atoms with van der Waals surface area (Å²) in [6, 6.07) is -0.229. The molecule has 2 saturated carbocycles. The fourth-order valence-corrected chi connectivity index (χ4v) is 2.34. The van der Waals surface area contributed by atoms with E-state index in [4.69, 9.17) is 5.73 Å². The predicted molar refractivity (Wildman–Crippen MR) is 58.7 cm³/mol. The maximum atomic E-state index is 12.5. The summed E-state index contributed by atoms with van der Waals surface area (Å²) < 4.78 is 25.0. The Balaban J connectivity index is 0.00000128. The average molecular weight is 255 g/mol. The fraction of sp³-hybridized carbons (Fsp3) is 0.900. The van der Waals surface area contributed by atoms with Crippen LogP contribution in [0.25, 0.3) is 0 Å². The molecule has 0 aromatic heterocycles. The summed E-state index contributed by atoms with van der Waals surface area (Å²) in [4.78, 5) is 11.6. The number of rotatable bonds is 2. The second-order valence-electron chi connectivity index (χ2n) is 4.74. The number of amides is 1. The molecule has 0 heterocycles. The number of alkyl halides is 2. The minimum absolute atomic E-state index is 0. The fourth-order valence-electron chi connectivity index (χ4n) is 2.34. The van der Waals surface area contributed by atoms with E-state index in [1.807, 2.05) is 0 Å². The van der Waals surface area contributed by atoms with E-state index >= 15 is 0 Å². The first-order valence-corrected chi connectivity index (χ1v) is 5.40. The van der Waals surface area contributed by atoms with Crippen molar-refractivity contribution in [1.29, 1.82) is 0 Å². The number of nitrogens with one attached hydrogen (secondary N) is 1. The highest BCUT2D eigenvalue weighted by molar-refractivity contribution is 5.85. The van der Waals surface area contributed by atoms with E-state index in [-0.39, 0.29) is 49.2 Å². The molecule has 0 aromatic rings. The SMILES string of the molecule is Cl.NC1CCC(C(=O)NC2CC(F)(F)C2)C1. The van der Waals surface area contributed by atoms with Crippen molar-refractivity contribution in [3.63, 3.8) is 0 Å². The Bertz CT molecular complexity index is 268. The number of carbonyl (C=O) groups is 1. The molecule has 2 unspecified atom stereocenters. The van der Waals surface area contributed by atoms with E-state index in [2.05, 4.69) is 5.32 Å². The summed E-state index contributed by atoms with van der Waals surface area (Å²) in [5, 5.41) is 2.66.